The number of rotatable bonds is 1. The first kappa shape index (κ1) is 11.7. The summed E-state index contributed by atoms with van der Waals surface area (Å²) in [6.07, 6.45) is -2.22. The third kappa shape index (κ3) is 1.92. The Bertz CT molecular complexity index is 446. The van der Waals surface area contributed by atoms with Crippen LogP contribution >= 0.6 is 0 Å². The molecular formula is C11H13F3N4. The van der Waals surface area contributed by atoms with Gasteiger partial charge in [0.25, 0.3) is 0 Å². The highest BCUT2D eigenvalue weighted by Gasteiger charge is 2.45. The van der Waals surface area contributed by atoms with E-state index in [1.807, 2.05) is 4.90 Å². The Kier molecular flexibility index (Phi) is 2.48. The lowest BCUT2D eigenvalue weighted by Gasteiger charge is -2.48. The third-order valence-electron chi connectivity index (χ3n) is 3.60. The van der Waals surface area contributed by atoms with E-state index in [1.165, 1.54) is 12.3 Å². The summed E-state index contributed by atoms with van der Waals surface area (Å²) < 4.78 is 37.5. The number of halogens is 3. The fraction of sp³-hybridized carbons (Fsp3) is 0.636. The molecule has 1 aromatic heterocycles. The van der Waals surface area contributed by atoms with Crippen LogP contribution in [-0.2, 0) is 6.18 Å². The van der Waals surface area contributed by atoms with Crippen molar-refractivity contribution < 1.29 is 13.2 Å². The Labute approximate surface area is 102 Å². The maximum absolute atomic E-state index is 12.5. The number of anilines is 1. The van der Waals surface area contributed by atoms with Crippen molar-refractivity contribution in [3.8, 4) is 0 Å². The van der Waals surface area contributed by atoms with Crippen LogP contribution in [0.1, 0.15) is 12.2 Å². The summed E-state index contributed by atoms with van der Waals surface area (Å²) in [6, 6.07) is 1.53. The topological polar surface area (TPSA) is 41.1 Å². The molecule has 0 unspecified atom stereocenters. The molecule has 98 valence electrons. The lowest BCUT2D eigenvalue weighted by molar-refractivity contribution is -0.144. The summed E-state index contributed by atoms with van der Waals surface area (Å²) in [5.74, 6) is -0.694. The highest BCUT2D eigenvalue weighted by molar-refractivity contribution is 5.43. The van der Waals surface area contributed by atoms with Crippen LogP contribution in [0.5, 0.6) is 0 Å². The van der Waals surface area contributed by atoms with Gasteiger partial charge < -0.3 is 10.2 Å². The molecule has 2 fully saturated rings. The molecule has 1 N–H and O–H groups in total. The lowest BCUT2D eigenvalue weighted by atomic mass is 9.79. The minimum absolute atomic E-state index is 0.239. The Balaban J connectivity index is 1.74. The summed E-state index contributed by atoms with van der Waals surface area (Å²) in [6.45, 7) is 3.48. The molecular weight excluding hydrogens is 245 g/mol. The van der Waals surface area contributed by atoms with E-state index in [-0.39, 0.29) is 5.41 Å². The number of alkyl halides is 3. The number of nitrogens with one attached hydrogen (secondary N) is 1. The number of nitrogens with zero attached hydrogens (tertiary/aromatic N) is 3. The molecule has 0 aromatic carbocycles. The fourth-order valence-electron chi connectivity index (χ4n) is 2.65. The van der Waals surface area contributed by atoms with E-state index in [9.17, 15) is 13.2 Å². The van der Waals surface area contributed by atoms with Gasteiger partial charge >= 0.3 is 6.18 Å². The van der Waals surface area contributed by atoms with Gasteiger partial charge in [0.15, 0.2) is 0 Å². The molecule has 0 atom stereocenters. The zero-order valence-electron chi connectivity index (χ0n) is 9.67. The summed E-state index contributed by atoms with van der Waals surface area (Å²) in [5, 5.41) is 3.28. The highest BCUT2D eigenvalue weighted by atomic mass is 19.4. The fourth-order valence-corrected chi connectivity index (χ4v) is 2.65. The molecule has 0 aliphatic carbocycles. The van der Waals surface area contributed by atoms with E-state index < -0.39 is 12.0 Å². The number of aromatic nitrogens is 2. The van der Waals surface area contributed by atoms with Crippen LogP contribution in [0.3, 0.4) is 0 Å². The minimum atomic E-state index is -4.48. The first-order valence-electron chi connectivity index (χ1n) is 5.85. The molecule has 3 heterocycles. The summed E-state index contributed by atoms with van der Waals surface area (Å²) in [7, 11) is 0. The number of hydrogen-bond donors (Lipinski definition) is 1. The van der Waals surface area contributed by atoms with Crippen LogP contribution in [-0.4, -0.2) is 36.1 Å². The van der Waals surface area contributed by atoms with Gasteiger partial charge in [0.1, 0.15) is 5.82 Å². The zero-order chi connectivity index (χ0) is 12.8. The lowest BCUT2D eigenvalue weighted by Crippen LogP contribution is -2.57. The molecule has 0 radical (unpaired) electrons. The number of hydrogen-bond acceptors (Lipinski definition) is 4. The molecule has 0 bridgehead atoms. The summed E-state index contributed by atoms with van der Waals surface area (Å²) in [4.78, 5) is 8.73. The molecule has 4 nitrogen and oxygen atoms in total. The molecule has 2 aliphatic rings. The van der Waals surface area contributed by atoms with Gasteiger partial charge in [-0.1, -0.05) is 0 Å². The molecule has 0 amide bonds. The molecule has 2 saturated heterocycles. The van der Waals surface area contributed by atoms with Crippen molar-refractivity contribution in [2.75, 3.05) is 31.1 Å². The molecule has 7 heteroatoms. The monoisotopic (exact) mass is 258 g/mol. The van der Waals surface area contributed by atoms with E-state index in [1.54, 1.807) is 0 Å². The Morgan fingerprint density at radius 1 is 1.33 bits per heavy atom. The molecule has 2 aliphatic heterocycles. The molecule has 1 spiro atoms. The normalized spacial score (nSPS) is 22.3. The van der Waals surface area contributed by atoms with Gasteiger partial charge in [-0.3, -0.25) is 0 Å². The zero-order valence-corrected chi connectivity index (χ0v) is 9.67. The van der Waals surface area contributed by atoms with Gasteiger partial charge in [-0.2, -0.15) is 13.2 Å². The first-order valence-corrected chi connectivity index (χ1v) is 5.85. The Hall–Kier alpha value is -1.37. The van der Waals surface area contributed by atoms with Gasteiger partial charge in [0.05, 0.1) is 0 Å². The average Bonchev–Trinajstić information content (AvgIpc) is 2.75. The standard InChI is InChI=1S/C11H13F3N4/c12-11(13,14)9-16-3-1-8(17-9)18-6-10(7-18)2-4-15-5-10/h1,3,15H,2,4-7H2. The van der Waals surface area contributed by atoms with E-state index in [0.717, 1.165) is 32.6 Å². The van der Waals surface area contributed by atoms with Gasteiger partial charge in [-0.15, -0.1) is 0 Å². The van der Waals surface area contributed by atoms with Gasteiger partial charge in [0.2, 0.25) is 5.82 Å². The van der Waals surface area contributed by atoms with Gasteiger partial charge in [0, 0.05) is 31.2 Å². The minimum Gasteiger partial charge on any atom is -0.355 e. The van der Waals surface area contributed by atoms with Crippen LogP contribution in [0.25, 0.3) is 0 Å². The van der Waals surface area contributed by atoms with Crippen molar-refractivity contribution in [1.29, 1.82) is 0 Å². The van der Waals surface area contributed by atoms with Crippen molar-refractivity contribution in [2.45, 2.75) is 12.6 Å². The first-order chi connectivity index (χ1) is 8.49. The molecule has 18 heavy (non-hydrogen) atoms. The van der Waals surface area contributed by atoms with Crippen molar-refractivity contribution in [2.24, 2.45) is 5.41 Å². The maximum atomic E-state index is 12.5. The second-order valence-electron chi connectivity index (χ2n) is 5.02. The second kappa shape index (κ2) is 3.81. The van der Waals surface area contributed by atoms with Gasteiger partial charge in [-0.05, 0) is 19.0 Å². The molecule has 0 saturated carbocycles. The third-order valence-corrected chi connectivity index (χ3v) is 3.60. The van der Waals surface area contributed by atoms with E-state index in [0.29, 0.717) is 5.82 Å². The van der Waals surface area contributed by atoms with Crippen LogP contribution < -0.4 is 10.2 Å². The van der Waals surface area contributed by atoms with E-state index in [4.69, 9.17) is 0 Å². The van der Waals surface area contributed by atoms with Crippen LogP contribution in [0.2, 0.25) is 0 Å². The highest BCUT2D eigenvalue weighted by Crippen LogP contribution is 2.38. The average molecular weight is 258 g/mol. The van der Waals surface area contributed by atoms with E-state index in [2.05, 4.69) is 15.3 Å². The summed E-state index contributed by atoms with van der Waals surface area (Å²) in [5.41, 5.74) is 0.239. The maximum Gasteiger partial charge on any atom is 0.451 e. The van der Waals surface area contributed by atoms with Crippen LogP contribution in [0.4, 0.5) is 19.0 Å². The molecule has 3 rings (SSSR count). The molecule has 1 aromatic rings. The predicted molar refractivity (Wildman–Crippen MR) is 59.2 cm³/mol. The Morgan fingerprint density at radius 3 is 2.72 bits per heavy atom. The largest absolute Gasteiger partial charge is 0.451 e. The van der Waals surface area contributed by atoms with Crippen molar-refractivity contribution in [1.82, 2.24) is 15.3 Å². The SMILES string of the molecule is FC(F)(F)c1nccc(N2CC3(CCNC3)C2)n1. The predicted octanol–water partition coefficient (Wildman–Crippen LogP) is 1.30. The van der Waals surface area contributed by atoms with Gasteiger partial charge in [-0.25, -0.2) is 9.97 Å². The van der Waals surface area contributed by atoms with E-state index >= 15 is 0 Å². The van der Waals surface area contributed by atoms with Crippen LogP contribution in [0, 0.1) is 5.41 Å². The van der Waals surface area contributed by atoms with Crippen molar-refractivity contribution in [3.05, 3.63) is 18.1 Å². The van der Waals surface area contributed by atoms with Crippen molar-refractivity contribution in [3.63, 3.8) is 0 Å². The Morgan fingerprint density at radius 2 is 2.11 bits per heavy atom. The summed E-state index contributed by atoms with van der Waals surface area (Å²) >= 11 is 0. The second-order valence-corrected chi connectivity index (χ2v) is 5.02. The smallest absolute Gasteiger partial charge is 0.355 e. The van der Waals surface area contributed by atoms with Crippen molar-refractivity contribution >= 4 is 5.82 Å². The quantitative estimate of drug-likeness (QED) is 0.824. The van der Waals surface area contributed by atoms with Crippen LogP contribution in [0.15, 0.2) is 12.3 Å².